The van der Waals surface area contributed by atoms with E-state index in [2.05, 4.69) is 32.0 Å². The van der Waals surface area contributed by atoms with Crippen LogP contribution >= 0.6 is 11.8 Å². The van der Waals surface area contributed by atoms with Crippen LogP contribution in [0, 0.1) is 13.8 Å². The van der Waals surface area contributed by atoms with Gasteiger partial charge in [0, 0.05) is 23.9 Å². The van der Waals surface area contributed by atoms with Gasteiger partial charge in [0.2, 0.25) is 0 Å². The number of rotatable bonds is 4. The number of benzene rings is 2. The van der Waals surface area contributed by atoms with Crippen LogP contribution < -0.4 is 9.47 Å². The lowest BCUT2D eigenvalue weighted by atomic mass is 10.0. The van der Waals surface area contributed by atoms with Crippen molar-refractivity contribution in [1.29, 1.82) is 0 Å². The van der Waals surface area contributed by atoms with Crippen molar-refractivity contribution in [2.45, 2.75) is 19.2 Å². The van der Waals surface area contributed by atoms with E-state index in [1.807, 2.05) is 16.7 Å². The predicted molar refractivity (Wildman–Crippen MR) is 102 cm³/mol. The largest absolute Gasteiger partial charge is 0.497 e. The smallest absolute Gasteiger partial charge is 0.255 e. The molecule has 1 saturated heterocycles. The van der Waals surface area contributed by atoms with Gasteiger partial charge in [-0.15, -0.1) is 11.8 Å². The second kappa shape index (κ2) is 7.40. The van der Waals surface area contributed by atoms with Crippen molar-refractivity contribution < 1.29 is 14.3 Å². The van der Waals surface area contributed by atoms with Gasteiger partial charge in [-0.05, 0) is 37.1 Å². The third-order valence-corrected chi connectivity index (χ3v) is 5.68. The van der Waals surface area contributed by atoms with Crippen LogP contribution in [0.1, 0.15) is 32.4 Å². The highest BCUT2D eigenvalue weighted by atomic mass is 32.2. The minimum atomic E-state index is 0.00664. The Morgan fingerprint density at radius 3 is 2.36 bits per heavy atom. The maximum Gasteiger partial charge on any atom is 0.255 e. The van der Waals surface area contributed by atoms with Crippen LogP contribution in [0.25, 0.3) is 0 Å². The Kier molecular flexibility index (Phi) is 5.23. The molecular formula is C20H23NO3S. The maximum atomic E-state index is 13.1. The van der Waals surface area contributed by atoms with E-state index < -0.39 is 0 Å². The number of nitrogens with zero attached hydrogens (tertiary/aromatic N) is 1. The Bertz CT molecular complexity index is 768. The SMILES string of the molecule is COc1cc(OC)cc(C(=O)N2CCS[C@H]2c2ccc(C)cc2C)c1. The zero-order valence-corrected chi connectivity index (χ0v) is 15.9. The number of carbonyl (C=O) groups is 1. The van der Waals surface area contributed by atoms with Crippen molar-refractivity contribution >= 4 is 17.7 Å². The molecule has 0 bridgehead atoms. The first-order valence-electron chi connectivity index (χ1n) is 8.26. The van der Waals surface area contributed by atoms with Crippen molar-refractivity contribution in [3.63, 3.8) is 0 Å². The highest BCUT2D eigenvalue weighted by Crippen LogP contribution is 2.40. The van der Waals surface area contributed by atoms with E-state index in [1.165, 1.54) is 16.7 Å². The van der Waals surface area contributed by atoms with E-state index >= 15 is 0 Å². The number of ether oxygens (including phenoxy) is 2. The average molecular weight is 357 g/mol. The van der Waals surface area contributed by atoms with Gasteiger partial charge in [0.15, 0.2) is 0 Å². The molecule has 0 N–H and O–H groups in total. The molecule has 4 nitrogen and oxygen atoms in total. The maximum absolute atomic E-state index is 13.1. The minimum absolute atomic E-state index is 0.00664. The third kappa shape index (κ3) is 3.61. The third-order valence-electron chi connectivity index (χ3n) is 4.44. The summed E-state index contributed by atoms with van der Waals surface area (Å²) in [6.45, 7) is 4.93. The molecule has 0 aromatic heterocycles. The van der Waals surface area contributed by atoms with Gasteiger partial charge in [0.1, 0.15) is 16.9 Å². The van der Waals surface area contributed by atoms with Crippen LogP contribution in [0.15, 0.2) is 36.4 Å². The van der Waals surface area contributed by atoms with Crippen molar-refractivity contribution in [3.8, 4) is 11.5 Å². The zero-order valence-electron chi connectivity index (χ0n) is 15.0. The molecule has 5 heteroatoms. The molecule has 0 unspecified atom stereocenters. The number of carbonyl (C=O) groups excluding carboxylic acids is 1. The fourth-order valence-corrected chi connectivity index (χ4v) is 4.49. The molecule has 1 fully saturated rings. The molecule has 1 heterocycles. The summed E-state index contributed by atoms with van der Waals surface area (Å²) in [7, 11) is 3.18. The summed E-state index contributed by atoms with van der Waals surface area (Å²) in [4.78, 5) is 15.1. The molecule has 1 atom stereocenters. The van der Waals surface area contributed by atoms with E-state index in [0.717, 1.165) is 12.3 Å². The van der Waals surface area contributed by atoms with Crippen molar-refractivity contribution in [3.05, 3.63) is 58.7 Å². The molecule has 0 saturated carbocycles. The van der Waals surface area contributed by atoms with Crippen LogP contribution in [0.2, 0.25) is 0 Å². The summed E-state index contributed by atoms with van der Waals surface area (Å²) in [6.07, 6.45) is 0. The topological polar surface area (TPSA) is 38.8 Å². The summed E-state index contributed by atoms with van der Waals surface area (Å²) in [5.41, 5.74) is 4.25. The van der Waals surface area contributed by atoms with Crippen molar-refractivity contribution in [1.82, 2.24) is 4.90 Å². The first-order valence-corrected chi connectivity index (χ1v) is 9.31. The first kappa shape index (κ1) is 17.7. The van der Waals surface area contributed by atoms with Crippen LogP contribution in [-0.4, -0.2) is 37.3 Å². The van der Waals surface area contributed by atoms with Gasteiger partial charge in [-0.25, -0.2) is 0 Å². The Hall–Kier alpha value is -2.14. The fourth-order valence-electron chi connectivity index (χ4n) is 3.14. The van der Waals surface area contributed by atoms with E-state index in [1.54, 1.807) is 32.4 Å². The second-order valence-corrected chi connectivity index (χ2v) is 7.37. The summed E-state index contributed by atoms with van der Waals surface area (Å²) in [5, 5.41) is 0.0466. The van der Waals surface area contributed by atoms with E-state index in [0.29, 0.717) is 17.1 Å². The molecule has 3 rings (SSSR count). The quantitative estimate of drug-likeness (QED) is 0.822. The van der Waals surface area contributed by atoms with Crippen molar-refractivity contribution in [2.24, 2.45) is 0 Å². The highest BCUT2D eigenvalue weighted by Gasteiger charge is 2.32. The molecule has 1 aliphatic rings. The molecule has 2 aromatic carbocycles. The lowest BCUT2D eigenvalue weighted by molar-refractivity contribution is 0.0759. The Labute approximate surface area is 153 Å². The Balaban J connectivity index is 1.93. The zero-order chi connectivity index (χ0) is 18.0. The number of hydrogen-bond acceptors (Lipinski definition) is 4. The van der Waals surface area contributed by atoms with Gasteiger partial charge in [0.05, 0.1) is 14.2 Å². The second-order valence-electron chi connectivity index (χ2n) is 6.18. The lowest BCUT2D eigenvalue weighted by Gasteiger charge is -2.26. The number of aryl methyl sites for hydroxylation is 2. The molecule has 1 amide bonds. The molecule has 0 spiro atoms. The molecule has 0 aliphatic carbocycles. The van der Waals surface area contributed by atoms with Gasteiger partial charge >= 0.3 is 0 Å². The summed E-state index contributed by atoms with van der Waals surface area (Å²) < 4.78 is 10.6. The summed E-state index contributed by atoms with van der Waals surface area (Å²) >= 11 is 1.81. The van der Waals surface area contributed by atoms with Crippen LogP contribution in [-0.2, 0) is 0 Å². The Morgan fingerprint density at radius 2 is 1.76 bits per heavy atom. The minimum Gasteiger partial charge on any atom is -0.497 e. The van der Waals surface area contributed by atoms with Gasteiger partial charge in [-0.3, -0.25) is 4.79 Å². The number of amides is 1. The monoisotopic (exact) mass is 357 g/mol. The standard InChI is InChI=1S/C20H23NO3S/c1-13-5-6-18(14(2)9-13)20-21(7-8-25-20)19(22)15-10-16(23-3)12-17(11-15)24-4/h5-6,9-12,20H,7-8H2,1-4H3/t20-/m0/s1. The van der Waals surface area contributed by atoms with Gasteiger partial charge < -0.3 is 14.4 Å². The highest BCUT2D eigenvalue weighted by molar-refractivity contribution is 7.99. The lowest BCUT2D eigenvalue weighted by Crippen LogP contribution is -2.30. The molecule has 0 radical (unpaired) electrons. The number of hydrogen-bond donors (Lipinski definition) is 0. The molecule has 1 aliphatic heterocycles. The average Bonchev–Trinajstić information content (AvgIpc) is 3.09. The molecular weight excluding hydrogens is 334 g/mol. The first-order chi connectivity index (χ1) is 12.0. The summed E-state index contributed by atoms with van der Waals surface area (Å²) in [6, 6.07) is 11.7. The molecule has 25 heavy (non-hydrogen) atoms. The van der Waals surface area contributed by atoms with E-state index in [9.17, 15) is 4.79 Å². The molecule has 132 valence electrons. The van der Waals surface area contributed by atoms with Crippen molar-refractivity contribution in [2.75, 3.05) is 26.5 Å². The van der Waals surface area contributed by atoms with Gasteiger partial charge in [-0.2, -0.15) is 0 Å². The van der Waals surface area contributed by atoms with Gasteiger partial charge in [0.25, 0.3) is 5.91 Å². The number of thioether (sulfide) groups is 1. The Morgan fingerprint density at radius 1 is 1.08 bits per heavy atom. The van der Waals surface area contributed by atoms with E-state index in [-0.39, 0.29) is 11.3 Å². The number of methoxy groups -OCH3 is 2. The van der Waals surface area contributed by atoms with Gasteiger partial charge in [-0.1, -0.05) is 23.8 Å². The summed E-state index contributed by atoms with van der Waals surface area (Å²) in [5.74, 6) is 2.19. The van der Waals surface area contributed by atoms with Crippen LogP contribution in [0.5, 0.6) is 11.5 Å². The molecule has 2 aromatic rings. The fraction of sp³-hybridized carbons (Fsp3) is 0.350. The van der Waals surface area contributed by atoms with Crippen LogP contribution in [0.4, 0.5) is 0 Å². The predicted octanol–water partition coefficient (Wildman–Crippen LogP) is 4.21. The van der Waals surface area contributed by atoms with Crippen LogP contribution in [0.3, 0.4) is 0 Å². The van der Waals surface area contributed by atoms with E-state index in [4.69, 9.17) is 9.47 Å². The normalized spacial score (nSPS) is 16.8.